The molecule has 5 rings (SSSR count). The highest BCUT2D eigenvalue weighted by molar-refractivity contribution is 9.10. The molecule has 3 aromatic carbocycles. The van der Waals surface area contributed by atoms with Gasteiger partial charge in [-0.2, -0.15) is 13.2 Å². The summed E-state index contributed by atoms with van der Waals surface area (Å²) in [5, 5.41) is 3.21. The molecular formula is C31H27BrClF3N4O4. The second kappa shape index (κ2) is 12.2. The number of nitrogens with one attached hydrogen (secondary N) is 1. The summed E-state index contributed by atoms with van der Waals surface area (Å²) in [7, 11) is 0. The molecule has 1 aliphatic rings. The summed E-state index contributed by atoms with van der Waals surface area (Å²) in [5.74, 6) is -0.942. The number of alkyl halides is 3. The van der Waals surface area contributed by atoms with Gasteiger partial charge in [-0.1, -0.05) is 41.9 Å². The van der Waals surface area contributed by atoms with Crippen molar-refractivity contribution in [3.63, 3.8) is 0 Å². The first-order valence-electron chi connectivity index (χ1n) is 13.5. The van der Waals surface area contributed by atoms with E-state index in [9.17, 15) is 27.6 Å². The molecule has 4 aromatic rings. The molecule has 1 N–H and O–H groups in total. The second-order valence-electron chi connectivity index (χ2n) is 10.7. The van der Waals surface area contributed by atoms with E-state index in [0.717, 1.165) is 19.4 Å². The minimum absolute atomic E-state index is 0.0153. The van der Waals surface area contributed by atoms with Gasteiger partial charge in [-0.3, -0.25) is 18.7 Å². The van der Waals surface area contributed by atoms with Crippen molar-refractivity contribution in [3.05, 3.63) is 115 Å². The largest absolute Gasteiger partial charge is 0.478 e. The number of halogens is 5. The van der Waals surface area contributed by atoms with Crippen molar-refractivity contribution in [2.45, 2.75) is 45.3 Å². The Hall–Kier alpha value is -4.03. The number of amides is 2. The van der Waals surface area contributed by atoms with Crippen LogP contribution in [0.1, 0.15) is 46.0 Å². The van der Waals surface area contributed by atoms with Gasteiger partial charge in [0.1, 0.15) is 11.4 Å². The Morgan fingerprint density at radius 3 is 2.32 bits per heavy atom. The van der Waals surface area contributed by atoms with Gasteiger partial charge in [0.05, 0.1) is 22.9 Å². The van der Waals surface area contributed by atoms with Gasteiger partial charge in [0.25, 0.3) is 11.8 Å². The lowest BCUT2D eigenvalue weighted by molar-refractivity contribution is -0.234. The van der Waals surface area contributed by atoms with Gasteiger partial charge in [0.15, 0.2) is 5.60 Å². The molecule has 2 heterocycles. The molecule has 0 bridgehead atoms. The molecule has 0 saturated carbocycles. The van der Waals surface area contributed by atoms with Crippen LogP contribution in [0.5, 0.6) is 5.75 Å². The van der Waals surface area contributed by atoms with Crippen LogP contribution in [0.15, 0.2) is 82.1 Å². The third-order valence-electron chi connectivity index (χ3n) is 7.29. The Balaban J connectivity index is 1.52. The standard InChI is InChI=1S/C31H27BrClF3N4O4/c1-30(2,31(34,35)36)44-22-11-9-21(10-12-22)40-26(27(41)37-17-19-6-4-3-5-7-19)25-18-38(14-15-39(25)29(40)43)28(42)20-8-13-23(32)24(33)16-20/h3-13,16H,14-15,17-18H2,1-2H3,(H,37,41). The van der Waals surface area contributed by atoms with E-state index in [1.165, 1.54) is 44.4 Å². The molecule has 0 saturated heterocycles. The van der Waals surface area contributed by atoms with Crippen LogP contribution in [0, 0.1) is 0 Å². The maximum atomic E-state index is 13.7. The molecule has 0 spiro atoms. The van der Waals surface area contributed by atoms with Crippen LogP contribution in [0.25, 0.3) is 5.69 Å². The fraction of sp³-hybridized carbons (Fsp3) is 0.258. The average molecular weight is 692 g/mol. The van der Waals surface area contributed by atoms with E-state index in [1.807, 2.05) is 30.3 Å². The highest BCUT2D eigenvalue weighted by Gasteiger charge is 2.49. The van der Waals surface area contributed by atoms with Gasteiger partial charge in [-0.25, -0.2) is 4.79 Å². The van der Waals surface area contributed by atoms with Crippen molar-refractivity contribution in [2.75, 3.05) is 6.54 Å². The summed E-state index contributed by atoms with van der Waals surface area (Å²) in [6.45, 7) is 2.29. The zero-order valence-corrected chi connectivity index (χ0v) is 26.0. The Kier molecular flexibility index (Phi) is 8.68. The predicted molar refractivity (Wildman–Crippen MR) is 162 cm³/mol. The molecule has 1 aromatic heterocycles. The number of aromatic nitrogens is 2. The Bertz CT molecular complexity index is 1770. The zero-order valence-electron chi connectivity index (χ0n) is 23.6. The van der Waals surface area contributed by atoms with Gasteiger partial charge in [-0.15, -0.1) is 0 Å². The summed E-state index contributed by atoms with van der Waals surface area (Å²) in [6.07, 6.45) is -4.61. The SMILES string of the molecule is CC(C)(Oc1ccc(-n2c(C(=O)NCc3ccccc3)c3n(c2=O)CCN(C(=O)c2ccc(Br)c(Cl)c2)C3)cc1)C(F)(F)F. The van der Waals surface area contributed by atoms with Gasteiger partial charge in [0, 0.05) is 29.7 Å². The van der Waals surface area contributed by atoms with Gasteiger partial charge < -0.3 is 15.0 Å². The predicted octanol–water partition coefficient (Wildman–Crippen LogP) is 6.36. The van der Waals surface area contributed by atoms with Crippen LogP contribution < -0.4 is 15.7 Å². The quantitative estimate of drug-likeness (QED) is 0.245. The highest BCUT2D eigenvalue weighted by Crippen LogP contribution is 2.34. The molecular weight excluding hydrogens is 665 g/mol. The van der Waals surface area contributed by atoms with Gasteiger partial charge >= 0.3 is 11.9 Å². The number of nitrogens with zero attached hydrogens (tertiary/aromatic N) is 3. The maximum absolute atomic E-state index is 13.7. The van der Waals surface area contributed by atoms with Crippen molar-refractivity contribution in [2.24, 2.45) is 0 Å². The van der Waals surface area contributed by atoms with Crippen LogP contribution in [0.3, 0.4) is 0 Å². The lowest BCUT2D eigenvalue weighted by Crippen LogP contribution is -2.44. The van der Waals surface area contributed by atoms with E-state index in [-0.39, 0.29) is 49.2 Å². The van der Waals surface area contributed by atoms with E-state index in [1.54, 1.807) is 12.1 Å². The van der Waals surface area contributed by atoms with E-state index >= 15 is 0 Å². The number of rotatable bonds is 7. The molecule has 0 aliphatic carbocycles. The minimum atomic E-state index is -4.61. The maximum Gasteiger partial charge on any atom is 0.427 e. The van der Waals surface area contributed by atoms with E-state index in [2.05, 4.69) is 21.2 Å². The molecule has 0 unspecified atom stereocenters. The van der Waals surface area contributed by atoms with Crippen LogP contribution in [-0.4, -0.2) is 44.2 Å². The summed E-state index contributed by atoms with van der Waals surface area (Å²) < 4.78 is 48.6. The van der Waals surface area contributed by atoms with Crippen LogP contribution in [-0.2, 0) is 19.6 Å². The van der Waals surface area contributed by atoms with Crippen molar-refractivity contribution in [3.8, 4) is 11.4 Å². The Labute approximate surface area is 264 Å². The highest BCUT2D eigenvalue weighted by atomic mass is 79.9. The Morgan fingerprint density at radius 2 is 1.68 bits per heavy atom. The van der Waals surface area contributed by atoms with Crippen LogP contribution in [0.4, 0.5) is 13.2 Å². The number of hydrogen-bond donors (Lipinski definition) is 1. The average Bonchev–Trinajstić information content (AvgIpc) is 3.28. The summed E-state index contributed by atoms with van der Waals surface area (Å²) in [4.78, 5) is 42.4. The summed E-state index contributed by atoms with van der Waals surface area (Å²) >= 11 is 9.52. The Morgan fingerprint density at radius 1 is 1.00 bits per heavy atom. The molecule has 8 nitrogen and oxygen atoms in total. The van der Waals surface area contributed by atoms with Crippen LogP contribution in [0.2, 0.25) is 5.02 Å². The number of hydrogen-bond acceptors (Lipinski definition) is 4. The van der Waals surface area contributed by atoms with E-state index < -0.39 is 23.4 Å². The lowest BCUT2D eigenvalue weighted by atomic mass is 10.1. The number of benzene rings is 3. The summed E-state index contributed by atoms with van der Waals surface area (Å²) in [6, 6.07) is 19.5. The molecule has 2 amide bonds. The number of imidazole rings is 1. The van der Waals surface area contributed by atoms with E-state index in [0.29, 0.717) is 20.8 Å². The fourth-order valence-corrected chi connectivity index (χ4v) is 5.22. The smallest absolute Gasteiger partial charge is 0.427 e. The first-order valence-corrected chi connectivity index (χ1v) is 14.7. The first kappa shape index (κ1) is 31.4. The first-order chi connectivity index (χ1) is 20.8. The normalized spacial score (nSPS) is 13.4. The lowest BCUT2D eigenvalue weighted by Gasteiger charge is -2.28. The van der Waals surface area contributed by atoms with Crippen molar-refractivity contribution < 1.29 is 27.5 Å². The van der Waals surface area contributed by atoms with Gasteiger partial charge in [-0.05, 0) is 77.8 Å². The minimum Gasteiger partial charge on any atom is -0.478 e. The van der Waals surface area contributed by atoms with Crippen molar-refractivity contribution >= 4 is 39.3 Å². The number of fused-ring (bicyclic) bond motifs is 1. The van der Waals surface area contributed by atoms with Crippen LogP contribution >= 0.6 is 27.5 Å². The van der Waals surface area contributed by atoms with Crippen molar-refractivity contribution in [1.29, 1.82) is 0 Å². The molecule has 0 radical (unpaired) electrons. The molecule has 44 heavy (non-hydrogen) atoms. The molecule has 230 valence electrons. The monoisotopic (exact) mass is 690 g/mol. The zero-order chi connectivity index (χ0) is 31.8. The summed E-state index contributed by atoms with van der Waals surface area (Å²) in [5.41, 5.74) is -1.20. The second-order valence-corrected chi connectivity index (χ2v) is 12.0. The number of carbonyl (C=O) groups excluding carboxylic acids is 2. The molecule has 0 atom stereocenters. The topological polar surface area (TPSA) is 85.6 Å². The third-order valence-corrected chi connectivity index (χ3v) is 8.53. The van der Waals surface area contributed by atoms with Crippen molar-refractivity contribution in [1.82, 2.24) is 19.4 Å². The number of ether oxygens (including phenoxy) is 1. The molecule has 13 heteroatoms. The molecule has 1 aliphatic heterocycles. The third kappa shape index (κ3) is 6.27. The van der Waals surface area contributed by atoms with Gasteiger partial charge in [0.2, 0.25) is 0 Å². The fourth-order valence-electron chi connectivity index (χ4n) is 4.79. The molecule has 0 fully saturated rings. The number of carbonyl (C=O) groups is 2. The van der Waals surface area contributed by atoms with E-state index in [4.69, 9.17) is 16.3 Å².